The van der Waals surface area contributed by atoms with Gasteiger partial charge in [-0.25, -0.2) is 0 Å². The monoisotopic (exact) mass is 275 g/mol. The van der Waals surface area contributed by atoms with Gasteiger partial charge in [-0.1, -0.05) is 29.3 Å². The van der Waals surface area contributed by atoms with E-state index in [0.29, 0.717) is 15.3 Å². The molecule has 0 saturated carbocycles. The summed E-state index contributed by atoms with van der Waals surface area (Å²) in [6.07, 6.45) is 2.34. The molecule has 0 amide bonds. The number of halogens is 2. The molecule has 1 aromatic carbocycles. The van der Waals surface area contributed by atoms with Crippen LogP contribution in [0.2, 0.25) is 10.0 Å². The van der Waals surface area contributed by atoms with Gasteiger partial charge in [0, 0.05) is 11.8 Å². The van der Waals surface area contributed by atoms with Crippen LogP contribution in [0.4, 0.5) is 0 Å². The van der Waals surface area contributed by atoms with E-state index in [1.807, 2.05) is 18.2 Å². The lowest BCUT2D eigenvalue weighted by Crippen LogP contribution is -2.33. The van der Waals surface area contributed by atoms with E-state index in [2.05, 4.69) is 17.5 Å². The third-order valence-corrected chi connectivity index (χ3v) is 4.20. The number of benzene rings is 1. The highest BCUT2D eigenvalue weighted by molar-refractivity contribution is 7.80. The molecule has 1 aliphatic heterocycles. The van der Waals surface area contributed by atoms with Gasteiger partial charge in [0.15, 0.2) is 0 Å². The number of rotatable bonds is 2. The molecule has 1 aromatic rings. The van der Waals surface area contributed by atoms with E-state index in [0.717, 1.165) is 19.6 Å². The number of thiol groups is 1. The zero-order chi connectivity index (χ0) is 11.5. The Kier molecular flexibility index (Phi) is 4.42. The van der Waals surface area contributed by atoms with Crippen LogP contribution in [0.3, 0.4) is 0 Å². The molecule has 1 nitrogen and oxygen atoms in total. The van der Waals surface area contributed by atoms with Gasteiger partial charge in [-0.15, -0.1) is 0 Å². The Morgan fingerprint density at radius 3 is 2.50 bits per heavy atom. The fourth-order valence-corrected chi connectivity index (χ4v) is 2.53. The Morgan fingerprint density at radius 2 is 1.88 bits per heavy atom. The fraction of sp³-hybridized carbons (Fsp3) is 0.500. The second-order valence-electron chi connectivity index (χ2n) is 4.26. The van der Waals surface area contributed by atoms with Crippen LogP contribution in [-0.2, 0) is 6.54 Å². The normalized spacial score (nSPS) is 18.9. The molecule has 0 atom stereocenters. The van der Waals surface area contributed by atoms with Crippen molar-refractivity contribution in [2.75, 3.05) is 13.1 Å². The summed E-state index contributed by atoms with van der Waals surface area (Å²) in [5, 5.41) is 1.84. The maximum atomic E-state index is 5.99. The lowest BCUT2D eigenvalue weighted by molar-refractivity contribution is 0.225. The van der Waals surface area contributed by atoms with E-state index in [1.165, 1.54) is 18.4 Å². The number of hydrogen-bond donors (Lipinski definition) is 1. The van der Waals surface area contributed by atoms with Crippen LogP contribution < -0.4 is 0 Å². The van der Waals surface area contributed by atoms with Crippen LogP contribution >= 0.6 is 35.8 Å². The molecule has 0 aliphatic carbocycles. The Labute approximate surface area is 112 Å². The third kappa shape index (κ3) is 3.30. The zero-order valence-corrected chi connectivity index (χ0v) is 11.4. The van der Waals surface area contributed by atoms with Crippen LogP contribution in [0.5, 0.6) is 0 Å². The molecule has 0 radical (unpaired) electrons. The SMILES string of the molecule is SC1CCN(Cc2ccc(Cl)c(Cl)c2)CC1. The zero-order valence-electron chi connectivity index (χ0n) is 9.00. The minimum absolute atomic E-state index is 0.574. The first-order chi connectivity index (χ1) is 7.65. The van der Waals surface area contributed by atoms with Gasteiger partial charge < -0.3 is 0 Å². The van der Waals surface area contributed by atoms with Gasteiger partial charge in [0.2, 0.25) is 0 Å². The molecule has 0 spiro atoms. The quantitative estimate of drug-likeness (QED) is 0.802. The number of piperidine rings is 1. The van der Waals surface area contributed by atoms with Crippen LogP contribution in [-0.4, -0.2) is 23.2 Å². The highest BCUT2D eigenvalue weighted by Gasteiger charge is 2.16. The molecule has 0 bridgehead atoms. The van der Waals surface area contributed by atoms with E-state index in [4.69, 9.17) is 23.2 Å². The predicted molar refractivity (Wildman–Crippen MR) is 73.7 cm³/mol. The molecule has 1 aliphatic rings. The lowest BCUT2D eigenvalue weighted by atomic mass is 10.1. The molecule has 88 valence electrons. The Bertz CT molecular complexity index is 362. The highest BCUT2D eigenvalue weighted by Crippen LogP contribution is 2.24. The molecule has 0 aromatic heterocycles. The van der Waals surface area contributed by atoms with E-state index in [1.54, 1.807) is 0 Å². The first-order valence-corrected chi connectivity index (χ1v) is 6.77. The van der Waals surface area contributed by atoms with Crippen molar-refractivity contribution in [3.63, 3.8) is 0 Å². The molecule has 16 heavy (non-hydrogen) atoms. The van der Waals surface area contributed by atoms with Crippen molar-refractivity contribution >= 4 is 35.8 Å². The lowest BCUT2D eigenvalue weighted by Gasteiger charge is -2.29. The summed E-state index contributed by atoms with van der Waals surface area (Å²) in [5.74, 6) is 0. The van der Waals surface area contributed by atoms with Crippen molar-refractivity contribution in [2.24, 2.45) is 0 Å². The Hall–Kier alpha value is 0.110. The van der Waals surface area contributed by atoms with E-state index in [-0.39, 0.29) is 0 Å². The number of hydrogen-bond acceptors (Lipinski definition) is 2. The second kappa shape index (κ2) is 5.63. The molecule has 1 saturated heterocycles. The standard InChI is InChI=1S/C12H15Cl2NS/c13-11-2-1-9(7-12(11)14)8-15-5-3-10(16)4-6-15/h1-2,7,10,16H,3-6,8H2. The molecular weight excluding hydrogens is 261 g/mol. The van der Waals surface area contributed by atoms with Gasteiger partial charge in [-0.05, 0) is 43.6 Å². The summed E-state index contributed by atoms with van der Waals surface area (Å²) in [5.41, 5.74) is 1.23. The summed E-state index contributed by atoms with van der Waals surface area (Å²) in [6, 6.07) is 5.86. The van der Waals surface area contributed by atoms with Crippen molar-refractivity contribution in [3.05, 3.63) is 33.8 Å². The van der Waals surface area contributed by atoms with Gasteiger partial charge in [-0.3, -0.25) is 4.90 Å². The van der Waals surface area contributed by atoms with Gasteiger partial charge in [0.05, 0.1) is 10.0 Å². The topological polar surface area (TPSA) is 3.24 Å². The molecule has 1 fully saturated rings. The summed E-state index contributed by atoms with van der Waals surface area (Å²) in [4.78, 5) is 2.44. The van der Waals surface area contributed by atoms with Gasteiger partial charge >= 0.3 is 0 Å². The first kappa shape index (κ1) is 12.6. The van der Waals surface area contributed by atoms with Gasteiger partial charge in [-0.2, -0.15) is 12.6 Å². The van der Waals surface area contributed by atoms with E-state index < -0.39 is 0 Å². The van der Waals surface area contributed by atoms with E-state index >= 15 is 0 Å². The summed E-state index contributed by atoms with van der Waals surface area (Å²) in [7, 11) is 0. The maximum Gasteiger partial charge on any atom is 0.0595 e. The van der Waals surface area contributed by atoms with Crippen molar-refractivity contribution < 1.29 is 0 Å². The van der Waals surface area contributed by atoms with Crippen LogP contribution in [0.25, 0.3) is 0 Å². The van der Waals surface area contributed by atoms with Gasteiger partial charge in [0.25, 0.3) is 0 Å². The third-order valence-electron chi connectivity index (χ3n) is 2.95. The van der Waals surface area contributed by atoms with Gasteiger partial charge in [0.1, 0.15) is 0 Å². The van der Waals surface area contributed by atoms with E-state index in [9.17, 15) is 0 Å². The number of likely N-dealkylation sites (tertiary alicyclic amines) is 1. The molecule has 1 heterocycles. The van der Waals surface area contributed by atoms with Crippen LogP contribution in [0, 0.1) is 0 Å². The minimum Gasteiger partial charge on any atom is -0.299 e. The maximum absolute atomic E-state index is 5.99. The fourth-order valence-electron chi connectivity index (χ4n) is 1.97. The van der Waals surface area contributed by atoms with Crippen LogP contribution in [0.15, 0.2) is 18.2 Å². The molecule has 4 heteroatoms. The van der Waals surface area contributed by atoms with Crippen molar-refractivity contribution in [1.29, 1.82) is 0 Å². The smallest absolute Gasteiger partial charge is 0.0595 e. The summed E-state index contributed by atoms with van der Waals surface area (Å²) >= 11 is 16.4. The molecule has 2 rings (SSSR count). The number of nitrogens with zero attached hydrogens (tertiary/aromatic N) is 1. The Morgan fingerprint density at radius 1 is 1.19 bits per heavy atom. The van der Waals surface area contributed by atoms with Crippen molar-refractivity contribution in [3.8, 4) is 0 Å². The molecule has 0 N–H and O–H groups in total. The Balaban J connectivity index is 1.96. The molecular formula is C12H15Cl2NS. The largest absolute Gasteiger partial charge is 0.299 e. The second-order valence-corrected chi connectivity index (χ2v) is 5.80. The molecule has 0 unspecified atom stereocenters. The summed E-state index contributed by atoms with van der Waals surface area (Å²) < 4.78 is 0. The highest BCUT2D eigenvalue weighted by atomic mass is 35.5. The van der Waals surface area contributed by atoms with Crippen LogP contribution in [0.1, 0.15) is 18.4 Å². The average Bonchev–Trinajstić information content (AvgIpc) is 2.27. The first-order valence-electron chi connectivity index (χ1n) is 5.49. The van der Waals surface area contributed by atoms with Crippen molar-refractivity contribution in [1.82, 2.24) is 4.90 Å². The minimum atomic E-state index is 0.574. The average molecular weight is 276 g/mol. The van der Waals surface area contributed by atoms with Crippen molar-refractivity contribution in [2.45, 2.75) is 24.6 Å². The summed E-state index contributed by atoms with van der Waals surface area (Å²) in [6.45, 7) is 3.19. The predicted octanol–water partition coefficient (Wildman–Crippen LogP) is 3.89.